The highest BCUT2D eigenvalue weighted by Crippen LogP contribution is 2.30. The maximum Gasteiger partial charge on any atom is 0.261 e. The third-order valence-electron chi connectivity index (χ3n) is 2.76. The lowest BCUT2D eigenvalue weighted by Gasteiger charge is -2.17. The van der Waals surface area contributed by atoms with Crippen LogP contribution >= 0.6 is 10.7 Å². The molecule has 0 aliphatic carbocycles. The first-order valence-electron chi connectivity index (χ1n) is 6.00. The molecule has 0 aliphatic heterocycles. The monoisotopic (exact) mass is 306 g/mol. The maximum atomic E-state index is 11.3. The Morgan fingerprint density at radius 2 is 1.89 bits per heavy atom. The first kappa shape index (κ1) is 16.3. The van der Waals surface area contributed by atoms with E-state index in [1.165, 1.54) is 6.07 Å². The second-order valence-electron chi connectivity index (χ2n) is 4.65. The Bertz CT molecular complexity index is 525. The zero-order chi connectivity index (χ0) is 14.6. The van der Waals surface area contributed by atoms with Crippen molar-refractivity contribution in [3.63, 3.8) is 0 Å². The normalized spacial score (nSPS) is 13.6. The number of hydrogen-bond acceptors (Lipinski definition) is 4. The van der Waals surface area contributed by atoms with E-state index in [1.807, 2.05) is 20.8 Å². The van der Waals surface area contributed by atoms with Gasteiger partial charge in [0.1, 0.15) is 12.4 Å². The highest BCUT2D eigenvalue weighted by atomic mass is 35.7. The highest BCUT2D eigenvalue weighted by Gasteiger charge is 2.16. The van der Waals surface area contributed by atoms with Gasteiger partial charge in [-0.25, -0.2) is 8.42 Å². The predicted molar refractivity (Wildman–Crippen MR) is 75.5 cm³/mol. The summed E-state index contributed by atoms with van der Waals surface area (Å²) >= 11 is 0. The lowest BCUT2D eigenvalue weighted by Crippen LogP contribution is -2.16. The Hall–Kier alpha value is -0.780. The minimum atomic E-state index is -3.72. The second kappa shape index (κ2) is 6.59. The lowest BCUT2D eigenvalue weighted by molar-refractivity contribution is 0.0712. The fraction of sp³-hybridized carbons (Fsp3) is 0.538. The van der Waals surface area contributed by atoms with Crippen molar-refractivity contribution in [2.45, 2.75) is 37.7 Å². The summed E-state index contributed by atoms with van der Waals surface area (Å²) in [6.45, 7) is 6.23. The summed E-state index contributed by atoms with van der Waals surface area (Å²) in [5, 5.41) is 0. The fourth-order valence-electron chi connectivity index (χ4n) is 1.54. The Kier molecular flexibility index (Phi) is 5.64. The molecule has 0 saturated carbocycles. The molecule has 0 radical (unpaired) electrons. The van der Waals surface area contributed by atoms with Gasteiger partial charge in [0, 0.05) is 17.8 Å². The molecule has 0 spiro atoms. The van der Waals surface area contributed by atoms with Crippen LogP contribution in [0, 0.1) is 0 Å². The molecule has 0 bridgehead atoms. The summed E-state index contributed by atoms with van der Waals surface area (Å²) in [4.78, 5) is 0.0880. The molecule has 1 atom stereocenters. The molecule has 0 heterocycles. The molecule has 0 saturated heterocycles. The van der Waals surface area contributed by atoms with Gasteiger partial charge < -0.3 is 9.47 Å². The summed E-state index contributed by atoms with van der Waals surface area (Å²) < 4.78 is 33.4. The third-order valence-corrected chi connectivity index (χ3v) is 4.11. The van der Waals surface area contributed by atoms with E-state index >= 15 is 0 Å². The number of hydrogen-bond donors (Lipinski definition) is 0. The van der Waals surface area contributed by atoms with Crippen molar-refractivity contribution in [1.29, 1.82) is 0 Å². The van der Waals surface area contributed by atoms with Crippen molar-refractivity contribution in [2.24, 2.45) is 0 Å². The number of benzene rings is 1. The van der Waals surface area contributed by atoms with Gasteiger partial charge in [-0.2, -0.15) is 0 Å². The third kappa shape index (κ3) is 4.67. The molecule has 4 nitrogen and oxygen atoms in total. The SMILES string of the molecule is COC(C)COc1ccc(S(=O)(=O)Cl)cc1C(C)C. The van der Waals surface area contributed by atoms with E-state index in [-0.39, 0.29) is 16.9 Å². The van der Waals surface area contributed by atoms with E-state index in [2.05, 4.69) is 0 Å². The zero-order valence-corrected chi connectivity index (χ0v) is 13.1. The van der Waals surface area contributed by atoms with Gasteiger partial charge in [-0.15, -0.1) is 0 Å². The molecule has 19 heavy (non-hydrogen) atoms. The minimum absolute atomic E-state index is 0.0311. The average Bonchev–Trinajstić information content (AvgIpc) is 2.34. The molecule has 108 valence electrons. The minimum Gasteiger partial charge on any atom is -0.491 e. The van der Waals surface area contributed by atoms with Gasteiger partial charge in [-0.1, -0.05) is 13.8 Å². The van der Waals surface area contributed by atoms with Crippen LogP contribution in [-0.4, -0.2) is 28.2 Å². The molecule has 6 heteroatoms. The van der Waals surface area contributed by atoms with E-state index in [0.717, 1.165) is 5.56 Å². The van der Waals surface area contributed by atoms with Gasteiger partial charge in [0.05, 0.1) is 11.0 Å². The van der Waals surface area contributed by atoms with E-state index in [0.29, 0.717) is 12.4 Å². The van der Waals surface area contributed by atoms with E-state index in [1.54, 1.807) is 19.2 Å². The van der Waals surface area contributed by atoms with Crippen molar-refractivity contribution in [3.8, 4) is 5.75 Å². The summed E-state index contributed by atoms with van der Waals surface area (Å²) in [6, 6.07) is 4.63. The van der Waals surface area contributed by atoms with Crippen LogP contribution in [-0.2, 0) is 13.8 Å². The summed E-state index contributed by atoms with van der Waals surface area (Å²) in [5.74, 6) is 0.786. The number of ether oxygens (including phenoxy) is 2. The predicted octanol–water partition coefficient (Wildman–Crippen LogP) is 3.15. The summed E-state index contributed by atoms with van der Waals surface area (Å²) in [5.41, 5.74) is 0.810. The van der Waals surface area contributed by atoms with Crippen LogP contribution in [0.25, 0.3) is 0 Å². The molecule has 1 aromatic carbocycles. The molecule has 1 rings (SSSR count). The van der Waals surface area contributed by atoms with Crippen molar-refractivity contribution in [1.82, 2.24) is 0 Å². The first-order valence-corrected chi connectivity index (χ1v) is 8.30. The highest BCUT2D eigenvalue weighted by molar-refractivity contribution is 8.13. The molecular weight excluding hydrogens is 288 g/mol. The van der Waals surface area contributed by atoms with Crippen LogP contribution in [0.15, 0.2) is 23.1 Å². The molecule has 0 N–H and O–H groups in total. The van der Waals surface area contributed by atoms with Crippen LogP contribution in [0.4, 0.5) is 0 Å². The topological polar surface area (TPSA) is 52.6 Å². The molecule has 1 aromatic rings. The lowest BCUT2D eigenvalue weighted by atomic mass is 10.0. The van der Waals surface area contributed by atoms with Crippen LogP contribution in [0.5, 0.6) is 5.75 Å². The maximum absolute atomic E-state index is 11.3. The Morgan fingerprint density at radius 1 is 1.26 bits per heavy atom. The van der Waals surface area contributed by atoms with E-state index < -0.39 is 9.05 Å². The van der Waals surface area contributed by atoms with E-state index in [9.17, 15) is 8.42 Å². The standard InChI is InChI=1S/C13H19ClO4S/c1-9(2)12-7-11(19(14,15)16)5-6-13(12)18-8-10(3)17-4/h5-7,9-10H,8H2,1-4H3. The van der Waals surface area contributed by atoms with Crippen LogP contribution in [0.1, 0.15) is 32.3 Å². The van der Waals surface area contributed by atoms with Crippen LogP contribution in [0.2, 0.25) is 0 Å². The van der Waals surface area contributed by atoms with Crippen LogP contribution in [0.3, 0.4) is 0 Å². The van der Waals surface area contributed by atoms with Crippen LogP contribution < -0.4 is 4.74 Å². The van der Waals surface area contributed by atoms with Crippen molar-refractivity contribution >= 4 is 19.7 Å². The average molecular weight is 307 g/mol. The van der Waals surface area contributed by atoms with Gasteiger partial charge in [0.2, 0.25) is 0 Å². The Labute approximate surface area is 119 Å². The number of rotatable bonds is 6. The molecule has 0 aliphatic rings. The van der Waals surface area contributed by atoms with Gasteiger partial charge in [0.15, 0.2) is 0 Å². The smallest absolute Gasteiger partial charge is 0.261 e. The molecule has 0 fully saturated rings. The number of methoxy groups -OCH3 is 1. The summed E-state index contributed by atoms with van der Waals surface area (Å²) in [6.07, 6.45) is -0.0311. The van der Waals surface area contributed by atoms with Crippen molar-refractivity contribution in [3.05, 3.63) is 23.8 Å². The van der Waals surface area contributed by atoms with Gasteiger partial charge in [-0.3, -0.25) is 0 Å². The molecule has 1 unspecified atom stereocenters. The molecular formula is C13H19ClO4S. The number of halogens is 1. The second-order valence-corrected chi connectivity index (χ2v) is 7.22. The molecule has 0 amide bonds. The van der Waals surface area contributed by atoms with Gasteiger partial charge in [-0.05, 0) is 36.6 Å². The van der Waals surface area contributed by atoms with Crippen molar-refractivity contribution < 1.29 is 17.9 Å². The Balaban J connectivity index is 3.05. The largest absolute Gasteiger partial charge is 0.491 e. The fourth-order valence-corrected chi connectivity index (χ4v) is 2.32. The first-order chi connectivity index (χ1) is 8.75. The van der Waals surface area contributed by atoms with Crippen molar-refractivity contribution in [2.75, 3.05) is 13.7 Å². The Morgan fingerprint density at radius 3 is 2.37 bits per heavy atom. The molecule has 0 aromatic heterocycles. The quantitative estimate of drug-likeness (QED) is 0.758. The zero-order valence-electron chi connectivity index (χ0n) is 11.5. The van der Waals surface area contributed by atoms with Gasteiger partial charge in [0.25, 0.3) is 9.05 Å². The summed E-state index contributed by atoms with van der Waals surface area (Å²) in [7, 11) is 3.24. The van der Waals surface area contributed by atoms with E-state index in [4.69, 9.17) is 20.2 Å². The van der Waals surface area contributed by atoms with Gasteiger partial charge >= 0.3 is 0 Å².